The Morgan fingerprint density at radius 3 is 2.39 bits per heavy atom. The minimum Gasteiger partial charge on any atom is -0.481 e. The standard InChI is InChI=1S/C24H25BrN2O4/c1-4-5-10-27-24(29)19(14-26)13-18-6-8-21(9-7-18)31-22(28)15-30-23-16(2)11-20(25)12-17(23)3/h6-9,11-13H,4-5,10,15H2,1-3H3,(H,27,29)/b19-13+. The Bertz CT molecular complexity index is 984. The number of rotatable bonds is 9. The third-order valence-electron chi connectivity index (χ3n) is 4.36. The second kappa shape index (κ2) is 11.9. The van der Waals surface area contributed by atoms with Gasteiger partial charge in [-0.1, -0.05) is 41.4 Å². The molecule has 0 unspecified atom stereocenters. The highest BCUT2D eigenvalue weighted by molar-refractivity contribution is 9.10. The lowest BCUT2D eigenvalue weighted by Gasteiger charge is -2.12. The molecule has 0 saturated heterocycles. The van der Waals surface area contributed by atoms with Gasteiger partial charge in [-0.3, -0.25) is 4.79 Å². The van der Waals surface area contributed by atoms with Crippen LogP contribution in [0.15, 0.2) is 46.4 Å². The predicted octanol–water partition coefficient (Wildman–Crippen LogP) is 4.87. The molecule has 0 fully saturated rings. The predicted molar refractivity (Wildman–Crippen MR) is 123 cm³/mol. The van der Waals surface area contributed by atoms with Crippen LogP contribution in [0.3, 0.4) is 0 Å². The van der Waals surface area contributed by atoms with E-state index in [1.165, 1.54) is 6.08 Å². The van der Waals surface area contributed by atoms with Crippen LogP contribution in [0.2, 0.25) is 0 Å². The third-order valence-corrected chi connectivity index (χ3v) is 4.82. The van der Waals surface area contributed by atoms with Crippen molar-refractivity contribution in [2.24, 2.45) is 0 Å². The van der Waals surface area contributed by atoms with Crippen molar-refractivity contribution < 1.29 is 19.1 Å². The summed E-state index contributed by atoms with van der Waals surface area (Å²) in [5, 5.41) is 11.9. The molecule has 2 aromatic rings. The lowest BCUT2D eigenvalue weighted by molar-refractivity contribution is -0.136. The fraction of sp³-hybridized carbons (Fsp3) is 0.292. The molecule has 0 radical (unpaired) electrons. The van der Waals surface area contributed by atoms with Gasteiger partial charge >= 0.3 is 5.97 Å². The lowest BCUT2D eigenvalue weighted by Crippen LogP contribution is -2.25. The average molecular weight is 485 g/mol. The summed E-state index contributed by atoms with van der Waals surface area (Å²) in [4.78, 5) is 24.2. The molecule has 0 saturated carbocycles. The van der Waals surface area contributed by atoms with Gasteiger partial charge in [0, 0.05) is 11.0 Å². The Hall–Kier alpha value is -3.11. The van der Waals surface area contributed by atoms with Crippen LogP contribution in [0.25, 0.3) is 6.08 Å². The summed E-state index contributed by atoms with van der Waals surface area (Å²) in [6.07, 6.45) is 3.31. The third kappa shape index (κ3) is 7.58. The number of hydrogen-bond donors (Lipinski definition) is 1. The summed E-state index contributed by atoms with van der Waals surface area (Å²) in [5.41, 5.74) is 2.51. The van der Waals surface area contributed by atoms with Gasteiger partial charge in [-0.05, 0) is 67.3 Å². The largest absolute Gasteiger partial charge is 0.481 e. The fourth-order valence-electron chi connectivity index (χ4n) is 2.84. The molecule has 7 heteroatoms. The van der Waals surface area contributed by atoms with Crippen LogP contribution in [0.4, 0.5) is 0 Å². The van der Waals surface area contributed by atoms with Gasteiger partial charge < -0.3 is 14.8 Å². The first-order valence-corrected chi connectivity index (χ1v) is 10.7. The summed E-state index contributed by atoms with van der Waals surface area (Å²) < 4.78 is 11.9. The summed E-state index contributed by atoms with van der Waals surface area (Å²) in [5.74, 6) is 0.0722. The fourth-order valence-corrected chi connectivity index (χ4v) is 3.53. The molecule has 0 bridgehead atoms. The van der Waals surface area contributed by atoms with Crippen molar-refractivity contribution in [2.75, 3.05) is 13.2 Å². The smallest absolute Gasteiger partial charge is 0.349 e. The number of nitriles is 1. The van der Waals surface area contributed by atoms with Crippen LogP contribution >= 0.6 is 15.9 Å². The first-order chi connectivity index (χ1) is 14.8. The number of ether oxygens (including phenoxy) is 2. The maximum absolute atomic E-state index is 12.1. The SMILES string of the molecule is CCCCNC(=O)/C(C#N)=C/c1ccc(OC(=O)COc2c(C)cc(Br)cc2C)cc1. The van der Waals surface area contributed by atoms with Crippen molar-refractivity contribution in [3.8, 4) is 17.6 Å². The first-order valence-electron chi connectivity index (χ1n) is 9.94. The Labute approximate surface area is 191 Å². The summed E-state index contributed by atoms with van der Waals surface area (Å²) in [7, 11) is 0. The van der Waals surface area contributed by atoms with Crippen LogP contribution in [0, 0.1) is 25.2 Å². The highest BCUT2D eigenvalue weighted by atomic mass is 79.9. The number of benzene rings is 2. The van der Waals surface area contributed by atoms with E-state index >= 15 is 0 Å². The lowest BCUT2D eigenvalue weighted by atomic mass is 10.1. The Kier molecular flexibility index (Phi) is 9.29. The van der Waals surface area contributed by atoms with Crippen molar-refractivity contribution in [2.45, 2.75) is 33.6 Å². The molecular formula is C24H25BrN2O4. The second-order valence-electron chi connectivity index (χ2n) is 6.98. The molecular weight excluding hydrogens is 460 g/mol. The van der Waals surface area contributed by atoms with E-state index in [0.717, 1.165) is 28.4 Å². The molecule has 0 aromatic heterocycles. The van der Waals surface area contributed by atoms with E-state index < -0.39 is 11.9 Å². The van der Waals surface area contributed by atoms with Crippen LogP contribution in [-0.4, -0.2) is 25.0 Å². The van der Waals surface area contributed by atoms with Crippen molar-refractivity contribution in [1.29, 1.82) is 5.26 Å². The number of esters is 1. The molecule has 2 rings (SSSR count). The molecule has 0 aliphatic heterocycles. The van der Waals surface area contributed by atoms with E-state index in [1.807, 2.05) is 39.0 Å². The van der Waals surface area contributed by atoms with E-state index in [0.29, 0.717) is 23.6 Å². The molecule has 1 amide bonds. The van der Waals surface area contributed by atoms with E-state index in [9.17, 15) is 14.9 Å². The zero-order valence-corrected chi connectivity index (χ0v) is 19.4. The minimum absolute atomic E-state index is 0.0227. The van der Waals surface area contributed by atoms with Crippen LogP contribution in [-0.2, 0) is 9.59 Å². The van der Waals surface area contributed by atoms with E-state index in [1.54, 1.807) is 24.3 Å². The number of halogens is 1. The van der Waals surface area contributed by atoms with Crippen molar-refractivity contribution in [3.05, 3.63) is 63.1 Å². The number of hydrogen-bond acceptors (Lipinski definition) is 5. The molecule has 6 nitrogen and oxygen atoms in total. The monoisotopic (exact) mass is 484 g/mol. The van der Waals surface area contributed by atoms with Crippen molar-refractivity contribution >= 4 is 33.9 Å². The number of nitrogens with zero attached hydrogens (tertiary/aromatic N) is 1. The van der Waals surface area contributed by atoms with Crippen LogP contribution in [0.1, 0.15) is 36.5 Å². The first kappa shape index (κ1) is 24.2. The number of carbonyl (C=O) groups excluding carboxylic acids is 2. The zero-order valence-electron chi connectivity index (χ0n) is 17.8. The quantitative estimate of drug-likeness (QED) is 0.180. The molecule has 0 aliphatic carbocycles. The van der Waals surface area contributed by atoms with Crippen LogP contribution in [0.5, 0.6) is 11.5 Å². The van der Waals surface area contributed by atoms with Gasteiger partial charge in [0.25, 0.3) is 5.91 Å². The van der Waals surface area contributed by atoms with Gasteiger partial charge in [0.15, 0.2) is 6.61 Å². The Morgan fingerprint density at radius 1 is 1.16 bits per heavy atom. The highest BCUT2D eigenvalue weighted by Gasteiger charge is 2.11. The average Bonchev–Trinajstić information content (AvgIpc) is 2.72. The number of nitrogens with one attached hydrogen (secondary N) is 1. The molecule has 0 heterocycles. The van der Waals surface area contributed by atoms with E-state index in [4.69, 9.17) is 9.47 Å². The summed E-state index contributed by atoms with van der Waals surface area (Å²) >= 11 is 3.43. The normalized spacial score (nSPS) is 10.9. The summed E-state index contributed by atoms with van der Waals surface area (Å²) in [6, 6.07) is 12.3. The van der Waals surface area contributed by atoms with Gasteiger partial charge in [-0.25, -0.2) is 4.79 Å². The van der Waals surface area contributed by atoms with Gasteiger partial charge in [-0.15, -0.1) is 0 Å². The molecule has 162 valence electrons. The topological polar surface area (TPSA) is 88.4 Å². The number of amides is 1. The zero-order chi connectivity index (χ0) is 22.8. The molecule has 0 atom stereocenters. The second-order valence-corrected chi connectivity index (χ2v) is 7.90. The molecule has 0 spiro atoms. The van der Waals surface area contributed by atoms with Gasteiger partial charge in [0.05, 0.1) is 0 Å². The maximum atomic E-state index is 12.1. The van der Waals surface area contributed by atoms with Crippen molar-refractivity contribution in [1.82, 2.24) is 5.32 Å². The van der Waals surface area contributed by atoms with Gasteiger partial charge in [-0.2, -0.15) is 5.26 Å². The maximum Gasteiger partial charge on any atom is 0.349 e. The van der Waals surface area contributed by atoms with Crippen LogP contribution < -0.4 is 14.8 Å². The molecule has 1 N–H and O–H groups in total. The number of carbonyl (C=O) groups is 2. The Morgan fingerprint density at radius 2 is 1.81 bits per heavy atom. The molecule has 0 aliphatic rings. The number of aryl methyl sites for hydroxylation is 2. The number of unbranched alkanes of at least 4 members (excludes halogenated alkanes) is 1. The molecule has 31 heavy (non-hydrogen) atoms. The molecule has 2 aromatic carbocycles. The van der Waals surface area contributed by atoms with E-state index in [2.05, 4.69) is 21.2 Å². The van der Waals surface area contributed by atoms with E-state index in [-0.39, 0.29) is 12.2 Å². The van der Waals surface area contributed by atoms with Gasteiger partial charge in [0.2, 0.25) is 0 Å². The van der Waals surface area contributed by atoms with Gasteiger partial charge in [0.1, 0.15) is 23.1 Å². The summed E-state index contributed by atoms with van der Waals surface area (Å²) in [6.45, 7) is 6.15. The minimum atomic E-state index is -0.530. The van der Waals surface area contributed by atoms with Crippen molar-refractivity contribution in [3.63, 3.8) is 0 Å². The highest BCUT2D eigenvalue weighted by Crippen LogP contribution is 2.27. The Balaban J connectivity index is 1.95.